The van der Waals surface area contributed by atoms with Gasteiger partial charge in [-0.05, 0) is 25.6 Å². The van der Waals surface area contributed by atoms with Gasteiger partial charge >= 0.3 is 5.97 Å². The molecule has 0 aromatic heterocycles. The molecule has 4 heteroatoms. The van der Waals surface area contributed by atoms with Crippen molar-refractivity contribution in [3.8, 4) is 0 Å². The maximum Gasteiger partial charge on any atom is 0.323 e. The van der Waals surface area contributed by atoms with Crippen LogP contribution in [0.4, 0.5) is 0 Å². The minimum Gasteiger partial charge on any atom is -0.468 e. The number of carbonyl (C=O) groups excluding carboxylic acids is 1. The summed E-state index contributed by atoms with van der Waals surface area (Å²) in [6, 6.07) is 7.88. The molecule has 0 amide bonds. The van der Waals surface area contributed by atoms with Crippen LogP contribution in [0, 0.1) is 6.92 Å². The fourth-order valence-electron chi connectivity index (χ4n) is 1.30. The first-order chi connectivity index (χ1) is 7.69. The van der Waals surface area contributed by atoms with Crippen LogP contribution in [0.2, 0.25) is 0 Å². The number of methoxy groups -OCH3 is 1. The normalized spacial score (nSPS) is 12.2. The molecular weight excluding hydrogens is 222 g/mol. The van der Waals surface area contributed by atoms with Gasteiger partial charge in [0.15, 0.2) is 0 Å². The molecule has 0 aliphatic rings. The van der Waals surface area contributed by atoms with Crippen molar-refractivity contribution in [1.82, 2.24) is 5.32 Å². The summed E-state index contributed by atoms with van der Waals surface area (Å²) in [5, 5.41) is 2.95. The Bertz CT molecular complexity index is 355. The first-order valence-electron chi connectivity index (χ1n) is 5.12. The van der Waals surface area contributed by atoms with Gasteiger partial charge < -0.3 is 10.1 Å². The lowest BCUT2D eigenvalue weighted by molar-refractivity contribution is -0.142. The molecular formula is C12H17NO2S. The summed E-state index contributed by atoms with van der Waals surface area (Å²) >= 11 is 1.66. The zero-order valence-electron chi connectivity index (χ0n) is 9.82. The third-order valence-electron chi connectivity index (χ3n) is 2.33. The van der Waals surface area contributed by atoms with E-state index in [9.17, 15) is 4.79 Å². The van der Waals surface area contributed by atoms with Gasteiger partial charge in [0.05, 0.1) is 7.11 Å². The summed E-state index contributed by atoms with van der Waals surface area (Å²) in [7, 11) is 3.17. The Balaban J connectivity index is 2.56. The molecule has 0 bridgehead atoms. The molecule has 1 rings (SSSR count). The highest BCUT2D eigenvalue weighted by atomic mass is 32.2. The van der Waals surface area contributed by atoms with Crippen LogP contribution >= 0.6 is 11.8 Å². The molecule has 1 unspecified atom stereocenters. The number of thioether (sulfide) groups is 1. The van der Waals surface area contributed by atoms with Crippen molar-refractivity contribution in [3.05, 3.63) is 29.8 Å². The van der Waals surface area contributed by atoms with Gasteiger partial charge in [0.25, 0.3) is 0 Å². The van der Waals surface area contributed by atoms with Crippen LogP contribution in [0.1, 0.15) is 5.56 Å². The topological polar surface area (TPSA) is 38.3 Å². The molecule has 1 atom stereocenters. The Morgan fingerprint density at radius 2 is 2.19 bits per heavy atom. The molecule has 3 nitrogen and oxygen atoms in total. The quantitative estimate of drug-likeness (QED) is 0.628. The number of aryl methyl sites for hydroxylation is 1. The van der Waals surface area contributed by atoms with Gasteiger partial charge in [-0.15, -0.1) is 11.8 Å². The lowest BCUT2D eigenvalue weighted by atomic mass is 10.2. The van der Waals surface area contributed by atoms with E-state index in [2.05, 4.69) is 24.4 Å². The molecule has 0 saturated heterocycles. The molecule has 0 fully saturated rings. The number of esters is 1. The fourth-order valence-corrected chi connectivity index (χ4v) is 2.42. The van der Waals surface area contributed by atoms with E-state index in [0.717, 1.165) is 0 Å². The Morgan fingerprint density at radius 1 is 1.50 bits per heavy atom. The van der Waals surface area contributed by atoms with Crippen LogP contribution in [-0.4, -0.2) is 31.9 Å². The predicted octanol–water partition coefficient (Wildman–Crippen LogP) is 1.85. The van der Waals surface area contributed by atoms with Crippen molar-refractivity contribution < 1.29 is 9.53 Å². The van der Waals surface area contributed by atoms with Crippen molar-refractivity contribution in [1.29, 1.82) is 0 Å². The average Bonchev–Trinajstić information content (AvgIpc) is 2.31. The largest absolute Gasteiger partial charge is 0.468 e. The monoisotopic (exact) mass is 239 g/mol. The van der Waals surface area contributed by atoms with Crippen molar-refractivity contribution in [3.63, 3.8) is 0 Å². The fraction of sp³-hybridized carbons (Fsp3) is 0.417. The predicted molar refractivity (Wildman–Crippen MR) is 66.8 cm³/mol. The minimum atomic E-state index is -0.255. The summed E-state index contributed by atoms with van der Waals surface area (Å²) in [6.07, 6.45) is 0. The molecule has 1 aromatic carbocycles. The Morgan fingerprint density at radius 3 is 2.75 bits per heavy atom. The second kappa shape index (κ2) is 6.55. The van der Waals surface area contributed by atoms with Gasteiger partial charge in [-0.1, -0.05) is 18.2 Å². The van der Waals surface area contributed by atoms with E-state index in [1.165, 1.54) is 17.6 Å². The first kappa shape index (κ1) is 13.1. The van der Waals surface area contributed by atoms with Gasteiger partial charge in [0.2, 0.25) is 0 Å². The Kier molecular flexibility index (Phi) is 5.35. The lowest BCUT2D eigenvalue weighted by Crippen LogP contribution is -2.37. The summed E-state index contributed by atoms with van der Waals surface area (Å²) in [4.78, 5) is 12.6. The zero-order chi connectivity index (χ0) is 12.0. The van der Waals surface area contributed by atoms with Crippen LogP contribution in [-0.2, 0) is 9.53 Å². The Labute approximate surface area is 101 Å². The second-order valence-corrected chi connectivity index (χ2v) is 4.50. The zero-order valence-corrected chi connectivity index (χ0v) is 10.6. The van der Waals surface area contributed by atoms with Crippen LogP contribution in [0.5, 0.6) is 0 Å². The van der Waals surface area contributed by atoms with E-state index in [-0.39, 0.29) is 12.0 Å². The van der Waals surface area contributed by atoms with Crippen LogP contribution < -0.4 is 5.32 Å². The third-order valence-corrected chi connectivity index (χ3v) is 3.60. The molecule has 16 heavy (non-hydrogen) atoms. The molecule has 0 saturated carbocycles. The Hall–Kier alpha value is -1.00. The number of hydrogen-bond donors (Lipinski definition) is 1. The smallest absolute Gasteiger partial charge is 0.323 e. The van der Waals surface area contributed by atoms with Gasteiger partial charge in [0.1, 0.15) is 6.04 Å². The number of hydrogen-bond acceptors (Lipinski definition) is 4. The minimum absolute atomic E-state index is 0.219. The molecule has 0 aliphatic carbocycles. The van der Waals surface area contributed by atoms with E-state index in [4.69, 9.17) is 4.74 Å². The number of carbonyl (C=O) groups is 1. The highest BCUT2D eigenvalue weighted by Gasteiger charge is 2.16. The molecule has 0 spiro atoms. The van der Waals surface area contributed by atoms with E-state index in [0.29, 0.717) is 5.75 Å². The van der Waals surface area contributed by atoms with Gasteiger partial charge in [0, 0.05) is 10.6 Å². The van der Waals surface area contributed by atoms with Crippen molar-refractivity contribution in [2.45, 2.75) is 17.9 Å². The number of ether oxygens (including phenoxy) is 1. The number of rotatable bonds is 5. The second-order valence-electron chi connectivity index (χ2n) is 3.44. The summed E-state index contributed by atoms with van der Waals surface area (Å²) in [5.41, 5.74) is 1.23. The average molecular weight is 239 g/mol. The molecule has 0 aliphatic heterocycles. The molecule has 0 radical (unpaired) electrons. The standard InChI is InChI=1S/C12H17NO2S/c1-9-6-4-5-7-11(9)16-8-10(13-2)12(14)15-3/h4-7,10,13H,8H2,1-3H3. The number of nitrogens with one attached hydrogen (secondary N) is 1. The van der Waals surface area contributed by atoms with Crippen LogP contribution in [0.3, 0.4) is 0 Å². The van der Waals surface area contributed by atoms with E-state index in [1.54, 1.807) is 18.8 Å². The van der Waals surface area contributed by atoms with Gasteiger partial charge in [-0.2, -0.15) is 0 Å². The first-order valence-corrected chi connectivity index (χ1v) is 6.11. The SMILES string of the molecule is CNC(CSc1ccccc1C)C(=O)OC. The van der Waals surface area contributed by atoms with E-state index in [1.807, 2.05) is 12.1 Å². The van der Waals surface area contributed by atoms with Gasteiger partial charge in [-0.3, -0.25) is 4.79 Å². The summed E-state index contributed by atoms with van der Waals surface area (Å²) in [6.45, 7) is 2.06. The van der Waals surface area contributed by atoms with Crippen molar-refractivity contribution in [2.24, 2.45) is 0 Å². The lowest BCUT2D eigenvalue weighted by Gasteiger charge is -2.13. The summed E-state index contributed by atoms with van der Waals surface area (Å²) < 4.78 is 4.71. The molecule has 0 heterocycles. The number of likely N-dealkylation sites (N-methyl/N-ethyl adjacent to an activating group) is 1. The maximum atomic E-state index is 11.4. The van der Waals surface area contributed by atoms with Crippen LogP contribution in [0.15, 0.2) is 29.2 Å². The number of benzene rings is 1. The molecule has 88 valence electrons. The van der Waals surface area contributed by atoms with E-state index >= 15 is 0 Å². The molecule has 1 N–H and O–H groups in total. The highest BCUT2D eigenvalue weighted by molar-refractivity contribution is 7.99. The van der Waals surface area contributed by atoms with Crippen molar-refractivity contribution in [2.75, 3.05) is 19.9 Å². The van der Waals surface area contributed by atoms with Crippen LogP contribution in [0.25, 0.3) is 0 Å². The molecule has 1 aromatic rings. The maximum absolute atomic E-state index is 11.4. The summed E-state index contributed by atoms with van der Waals surface area (Å²) in [5.74, 6) is 0.456. The van der Waals surface area contributed by atoms with Gasteiger partial charge in [-0.25, -0.2) is 0 Å². The van der Waals surface area contributed by atoms with E-state index < -0.39 is 0 Å². The van der Waals surface area contributed by atoms with Crippen molar-refractivity contribution >= 4 is 17.7 Å². The highest BCUT2D eigenvalue weighted by Crippen LogP contribution is 2.22. The third kappa shape index (κ3) is 3.54.